The van der Waals surface area contributed by atoms with Crippen molar-refractivity contribution in [2.45, 2.75) is 0 Å². The Morgan fingerprint density at radius 1 is 1.43 bits per heavy atom. The molecule has 106 valence electrons. The van der Waals surface area contributed by atoms with E-state index in [0.29, 0.717) is 15.1 Å². The lowest BCUT2D eigenvalue weighted by Gasteiger charge is -2.06. The van der Waals surface area contributed by atoms with Gasteiger partial charge >= 0.3 is 0 Å². The number of hydrogen-bond donors (Lipinski definition) is 2. The van der Waals surface area contributed by atoms with Crippen LogP contribution in [0.2, 0.25) is 5.02 Å². The lowest BCUT2D eigenvalue weighted by Crippen LogP contribution is -2.13. The van der Waals surface area contributed by atoms with Crippen LogP contribution in [0.1, 0.15) is 10.5 Å². The van der Waals surface area contributed by atoms with Crippen molar-refractivity contribution in [3.63, 3.8) is 0 Å². The molecule has 3 aromatic rings. The molecule has 21 heavy (non-hydrogen) atoms. The number of anilines is 1. The molecular formula is C13H8BrClN4O2. The number of rotatable bonds is 2. The Balaban J connectivity index is 1.97. The Morgan fingerprint density at radius 3 is 3.00 bits per heavy atom. The zero-order valence-corrected chi connectivity index (χ0v) is 12.8. The fraction of sp³-hybridized carbons (Fsp3) is 0. The summed E-state index contributed by atoms with van der Waals surface area (Å²) < 4.78 is 1.96. The fourth-order valence-corrected chi connectivity index (χ4v) is 2.51. The van der Waals surface area contributed by atoms with Gasteiger partial charge in [0, 0.05) is 17.4 Å². The number of nitrogens with one attached hydrogen (secondary N) is 1. The Hall–Kier alpha value is -2.12. The Kier molecular flexibility index (Phi) is 3.52. The van der Waals surface area contributed by atoms with Crippen molar-refractivity contribution in [1.29, 1.82) is 0 Å². The largest absolute Gasteiger partial charge is 0.506 e. The molecule has 0 bridgehead atoms. The lowest BCUT2D eigenvalue weighted by molar-refractivity contribution is 0.102. The van der Waals surface area contributed by atoms with E-state index in [1.807, 2.05) is 0 Å². The molecule has 1 amide bonds. The summed E-state index contributed by atoms with van der Waals surface area (Å²) in [7, 11) is 0. The molecule has 0 aliphatic heterocycles. The monoisotopic (exact) mass is 366 g/mol. The summed E-state index contributed by atoms with van der Waals surface area (Å²) in [5, 5.41) is 16.8. The second-order valence-electron chi connectivity index (χ2n) is 4.17. The minimum absolute atomic E-state index is 0.0780. The Labute approximate surface area is 132 Å². The van der Waals surface area contributed by atoms with Crippen LogP contribution in [0.4, 0.5) is 5.69 Å². The van der Waals surface area contributed by atoms with Crippen molar-refractivity contribution >= 4 is 44.8 Å². The molecule has 0 fully saturated rings. The molecule has 0 unspecified atom stereocenters. The van der Waals surface area contributed by atoms with Crippen molar-refractivity contribution in [2.24, 2.45) is 0 Å². The van der Waals surface area contributed by atoms with Crippen molar-refractivity contribution < 1.29 is 9.90 Å². The average Bonchev–Trinajstić information content (AvgIpc) is 2.81. The quantitative estimate of drug-likeness (QED) is 0.682. The van der Waals surface area contributed by atoms with E-state index < -0.39 is 5.91 Å². The highest BCUT2D eigenvalue weighted by molar-refractivity contribution is 9.10. The highest BCUT2D eigenvalue weighted by atomic mass is 79.9. The second-order valence-corrected chi connectivity index (χ2v) is 5.40. The van der Waals surface area contributed by atoms with E-state index in [2.05, 4.69) is 31.3 Å². The molecule has 2 heterocycles. The number of phenols is 1. The van der Waals surface area contributed by atoms with E-state index in [0.717, 1.165) is 0 Å². The zero-order chi connectivity index (χ0) is 15.0. The summed E-state index contributed by atoms with van der Waals surface area (Å²) in [6.45, 7) is 0. The highest BCUT2D eigenvalue weighted by Crippen LogP contribution is 2.28. The summed E-state index contributed by atoms with van der Waals surface area (Å²) in [6.07, 6.45) is 3.28. The number of hydrogen-bond acceptors (Lipinski definition) is 4. The van der Waals surface area contributed by atoms with Crippen LogP contribution in [-0.4, -0.2) is 25.6 Å². The maximum absolute atomic E-state index is 12.3. The van der Waals surface area contributed by atoms with Crippen LogP contribution in [-0.2, 0) is 0 Å². The van der Waals surface area contributed by atoms with E-state index in [1.54, 1.807) is 18.5 Å². The van der Waals surface area contributed by atoms with Crippen LogP contribution in [0.5, 0.6) is 5.75 Å². The molecule has 0 spiro atoms. The van der Waals surface area contributed by atoms with Gasteiger partial charge in [-0.25, -0.2) is 9.50 Å². The number of carbonyl (C=O) groups excluding carboxylic acids is 1. The molecule has 2 aromatic heterocycles. The first-order valence-electron chi connectivity index (χ1n) is 5.85. The number of halogens is 2. The van der Waals surface area contributed by atoms with Gasteiger partial charge in [0.25, 0.3) is 5.91 Å². The Bertz CT molecular complexity index is 849. The number of fused-ring (bicyclic) bond motifs is 1. The summed E-state index contributed by atoms with van der Waals surface area (Å²) in [5.41, 5.74) is 0.899. The van der Waals surface area contributed by atoms with Gasteiger partial charge in [-0.1, -0.05) is 11.6 Å². The Morgan fingerprint density at radius 2 is 2.24 bits per heavy atom. The van der Waals surface area contributed by atoms with Crippen molar-refractivity contribution in [1.82, 2.24) is 14.6 Å². The van der Waals surface area contributed by atoms with E-state index in [4.69, 9.17) is 11.6 Å². The third-order valence-corrected chi connectivity index (χ3v) is 3.73. The van der Waals surface area contributed by atoms with Crippen LogP contribution < -0.4 is 5.32 Å². The summed E-state index contributed by atoms with van der Waals surface area (Å²) in [4.78, 5) is 16.4. The van der Waals surface area contributed by atoms with Crippen molar-refractivity contribution in [3.05, 3.63) is 51.8 Å². The number of benzene rings is 1. The van der Waals surface area contributed by atoms with Gasteiger partial charge in [0.15, 0.2) is 11.3 Å². The highest BCUT2D eigenvalue weighted by Gasteiger charge is 2.19. The van der Waals surface area contributed by atoms with Crippen LogP contribution in [0.25, 0.3) is 5.65 Å². The average molecular weight is 368 g/mol. The van der Waals surface area contributed by atoms with Crippen molar-refractivity contribution in [3.8, 4) is 5.75 Å². The second kappa shape index (κ2) is 5.34. The van der Waals surface area contributed by atoms with Gasteiger partial charge in [0.05, 0.1) is 10.2 Å². The first-order chi connectivity index (χ1) is 10.1. The number of carbonyl (C=O) groups is 1. The third kappa shape index (κ3) is 2.57. The zero-order valence-electron chi connectivity index (χ0n) is 10.4. The summed E-state index contributed by atoms with van der Waals surface area (Å²) in [6, 6.07) is 6.09. The smallest absolute Gasteiger partial charge is 0.277 e. The van der Waals surface area contributed by atoms with E-state index in [1.165, 1.54) is 22.7 Å². The van der Waals surface area contributed by atoms with E-state index in [9.17, 15) is 9.90 Å². The normalized spacial score (nSPS) is 10.8. The predicted molar refractivity (Wildman–Crippen MR) is 81.8 cm³/mol. The van der Waals surface area contributed by atoms with Crippen LogP contribution in [0, 0.1) is 0 Å². The topological polar surface area (TPSA) is 79.5 Å². The van der Waals surface area contributed by atoms with E-state index >= 15 is 0 Å². The summed E-state index contributed by atoms with van der Waals surface area (Å²) >= 11 is 9.14. The fourth-order valence-electron chi connectivity index (χ4n) is 1.79. The van der Waals surface area contributed by atoms with Crippen LogP contribution in [0.15, 0.2) is 41.1 Å². The standard InChI is InChI=1S/C13H8BrClN4O2/c14-10-11(18-19-5-1-4-16-12(10)19)13(21)17-8-6-7(15)2-3-9(8)20/h1-6,20H,(H,17,21). The molecule has 0 radical (unpaired) electrons. The van der Waals surface area contributed by atoms with Gasteiger partial charge in [-0.15, -0.1) is 0 Å². The number of phenolic OH excluding ortho intramolecular Hbond substituents is 1. The van der Waals surface area contributed by atoms with Crippen molar-refractivity contribution in [2.75, 3.05) is 5.32 Å². The van der Waals surface area contributed by atoms with Gasteiger partial charge in [-0.3, -0.25) is 4.79 Å². The molecule has 6 nitrogen and oxygen atoms in total. The number of nitrogens with zero attached hydrogens (tertiary/aromatic N) is 3. The van der Waals surface area contributed by atoms with Gasteiger partial charge in [0.1, 0.15) is 5.75 Å². The van der Waals surface area contributed by atoms with Gasteiger partial charge in [0.2, 0.25) is 0 Å². The first-order valence-corrected chi connectivity index (χ1v) is 7.02. The minimum atomic E-state index is -0.482. The molecular weight excluding hydrogens is 360 g/mol. The molecule has 0 saturated carbocycles. The molecule has 8 heteroatoms. The van der Waals surface area contributed by atoms with E-state index in [-0.39, 0.29) is 17.1 Å². The number of aromatic hydroxyl groups is 1. The SMILES string of the molecule is O=C(Nc1cc(Cl)ccc1O)c1nn2cccnc2c1Br. The first kappa shape index (κ1) is 13.8. The molecule has 0 atom stereocenters. The van der Waals surface area contributed by atoms with Crippen LogP contribution >= 0.6 is 27.5 Å². The maximum atomic E-state index is 12.3. The van der Waals surface area contributed by atoms with Crippen LogP contribution in [0.3, 0.4) is 0 Å². The van der Waals surface area contributed by atoms with Gasteiger partial charge in [-0.05, 0) is 40.2 Å². The number of amides is 1. The molecule has 0 aliphatic carbocycles. The summed E-state index contributed by atoms with van der Waals surface area (Å²) in [5.74, 6) is -0.560. The molecule has 0 saturated heterocycles. The predicted octanol–water partition coefficient (Wildman–Crippen LogP) is 3.10. The van der Waals surface area contributed by atoms with Gasteiger partial charge in [-0.2, -0.15) is 5.10 Å². The number of aromatic nitrogens is 3. The molecule has 0 aliphatic rings. The van der Waals surface area contributed by atoms with Gasteiger partial charge < -0.3 is 10.4 Å². The molecule has 3 rings (SSSR count). The third-order valence-electron chi connectivity index (χ3n) is 2.76. The molecule has 2 N–H and O–H groups in total. The molecule has 1 aromatic carbocycles. The minimum Gasteiger partial charge on any atom is -0.506 e. The maximum Gasteiger partial charge on any atom is 0.277 e. The lowest BCUT2D eigenvalue weighted by atomic mass is 10.3.